The molecule has 0 aliphatic carbocycles. The molecule has 7 nitrogen and oxygen atoms in total. The van der Waals surface area contributed by atoms with Crippen LogP contribution in [0.3, 0.4) is 0 Å². The number of carbonyl (C=O) groups excluding carboxylic acids is 1. The molecule has 1 aliphatic heterocycles. The lowest BCUT2D eigenvalue weighted by Gasteiger charge is -2.26. The van der Waals surface area contributed by atoms with E-state index < -0.39 is 10.0 Å². The molecule has 1 amide bonds. The highest BCUT2D eigenvalue weighted by Gasteiger charge is 2.29. The second-order valence-electron chi connectivity index (χ2n) is 7.01. The lowest BCUT2D eigenvalue weighted by Crippen LogP contribution is -2.35. The van der Waals surface area contributed by atoms with Crippen molar-refractivity contribution in [1.29, 1.82) is 0 Å². The van der Waals surface area contributed by atoms with Crippen LogP contribution in [0.15, 0.2) is 41.3 Å². The Kier molecular flexibility index (Phi) is 7.23. The topological polar surface area (TPSA) is 84.9 Å². The number of carbonyl (C=O) groups is 1. The Hall–Kier alpha value is -2.29. The Labute approximate surface area is 182 Å². The van der Waals surface area contributed by atoms with E-state index in [9.17, 15) is 13.2 Å². The highest BCUT2D eigenvalue weighted by atomic mass is 35.5. The molecule has 0 bridgehead atoms. The summed E-state index contributed by atoms with van der Waals surface area (Å²) >= 11 is 6.02. The summed E-state index contributed by atoms with van der Waals surface area (Å²) in [5, 5.41) is 3.25. The number of ether oxygens (including phenoxy) is 2. The largest absolute Gasteiger partial charge is 0.496 e. The van der Waals surface area contributed by atoms with Crippen LogP contribution in [0.1, 0.15) is 24.8 Å². The van der Waals surface area contributed by atoms with Gasteiger partial charge in [0.1, 0.15) is 16.4 Å². The standard InChI is InChI=1S/C21H25ClN2O5S/c1-28-18-8-6-16(22)12-15(18)13-21(25)23-17-7-9-19(29-2)20(14-17)30(26,27)24-10-4-3-5-11-24/h6-9,12,14H,3-5,10-11,13H2,1-2H3,(H,23,25). The van der Waals surface area contributed by atoms with Crippen molar-refractivity contribution in [3.8, 4) is 11.5 Å². The van der Waals surface area contributed by atoms with E-state index in [2.05, 4.69) is 5.32 Å². The Morgan fingerprint density at radius 1 is 1.03 bits per heavy atom. The van der Waals surface area contributed by atoms with Crippen molar-refractivity contribution in [3.05, 3.63) is 47.0 Å². The van der Waals surface area contributed by atoms with E-state index in [-0.39, 0.29) is 23.0 Å². The van der Waals surface area contributed by atoms with E-state index in [1.54, 1.807) is 30.3 Å². The summed E-state index contributed by atoms with van der Waals surface area (Å²) in [5.74, 6) is 0.481. The lowest BCUT2D eigenvalue weighted by molar-refractivity contribution is -0.115. The van der Waals surface area contributed by atoms with Gasteiger partial charge in [0, 0.05) is 29.4 Å². The van der Waals surface area contributed by atoms with E-state index in [4.69, 9.17) is 21.1 Å². The van der Waals surface area contributed by atoms with Gasteiger partial charge in [0.05, 0.1) is 20.6 Å². The van der Waals surface area contributed by atoms with Gasteiger partial charge in [-0.2, -0.15) is 4.31 Å². The fourth-order valence-electron chi connectivity index (χ4n) is 3.46. The summed E-state index contributed by atoms with van der Waals surface area (Å²) in [6.07, 6.45) is 2.72. The van der Waals surface area contributed by atoms with Gasteiger partial charge in [0.15, 0.2) is 0 Å². The van der Waals surface area contributed by atoms with Gasteiger partial charge in [0.25, 0.3) is 0 Å². The number of benzene rings is 2. The maximum absolute atomic E-state index is 13.1. The molecule has 1 aliphatic rings. The number of hydrogen-bond acceptors (Lipinski definition) is 5. The van der Waals surface area contributed by atoms with E-state index in [0.29, 0.717) is 35.1 Å². The average molecular weight is 453 g/mol. The zero-order valence-corrected chi connectivity index (χ0v) is 18.6. The van der Waals surface area contributed by atoms with Gasteiger partial charge in [-0.3, -0.25) is 4.79 Å². The van der Waals surface area contributed by atoms with Crippen LogP contribution in [-0.2, 0) is 21.2 Å². The van der Waals surface area contributed by atoms with E-state index >= 15 is 0 Å². The number of amides is 1. The Bertz CT molecular complexity index is 1020. The molecule has 0 unspecified atom stereocenters. The van der Waals surface area contributed by atoms with Crippen LogP contribution >= 0.6 is 11.6 Å². The predicted octanol–water partition coefficient (Wildman–Crippen LogP) is 3.71. The van der Waals surface area contributed by atoms with E-state index in [1.807, 2.05) is 0 Å². The molecule has 2 aromatic carbocycles. The predicted molar refractivity (Wildman–Crippen MR) is 116 cm³/mol. The van der Waals surface area contributed by atoms with E-state index in [0.717, 1.165) is 19.3 Å². The normalized spacial score (nSPS) is 14.9. The van der Waals surface area contributed by atoms with Crippen molar-refractivity contribution in [2.75, 3.05) is 32.6 Å². The molecular weight excluding hydrogens is 428 g/mol. The molecule has 0 atom stereocenters. The number of rotatable bonds is 7. The molecule has 3 rings (SSSR count). The first-order valence-corrected chi connectivity index (χ1v) is 11.5. The quantitative estimate of drug-likeness (QED) is 0.692. The van der Waals surface area contributed by atoms with Crippen LogP contribution in [0.2, 0.25) is 5.02 Å². The van der Waals surface area contributed by atoms with Crippen LogP contribution in [-0.4, -0.2) is 45.9 Å². The number of methoxy groups -OCH3 is 2. The third-order valence-corrected chi connectivity index (χ3v) is 7.13. The molecule has 2 aromatic rings. The van der Waals surface area contributed by atoms with Crippen molar-refractivity contribution in [2.45, 2.75) is 30.6 Å². The monoisotopic (exact) mass is 452 g/mol. The molecule has 162 valence electrons. The van der Waals surface area contributed by atoms with E-state index in [1.165, 1.54) is 24.6 Å². The average Bonchev–Trinajstić information content (AvgIpc) is 2.74. The van der Waals surface area contributed by atoms with Gasteiger partial charge >= 0.3 is 0 Å². The van der Waals surface area contributed by atoms with Crippen molar-refractivity contribution >= 4 is 33.2 Å². The molecule has 9 heteroatoms. The van der Waals surface area contributed by atoms with Gasteiger partial charge in [-0.1, -0.05) is 18.0 Å². The molecule has 1 fully saturated rings. The first kappa shape index (κ1) is 22.4. The molecule has 1 saturated heterocycles. The first-order valence-electron chi connectivity index (χ1n) is 9.65. The van der Waals surface area contributed by atoms with Crippen LogP contribution in [0, 0.1) is 0 Å². The van der Waals surface area contributed by atoms with Crippen LogP contribution < -0.4 is 14.8 Å². The number of sulfonamides is 1. The molecule has 0 saturated carbocycles. The number of nitrogens with zero attached hydrogens (tertiary/aromatic N) is 1. The number of halogens is 1. The summed E-state index contributed by atoms with van der Waals surface area (Å²) < 4.78 is 38.3. The Morgan fingerprint density at radius 2 is 1.70 bits per heavy atom. The van der Waals surface area contributed by atoms with Gasteiger partial charge in [-0.05, 0) is 49.2 Å². The second-order valence-corrected chi connectivity index (χ2v) is 9.35. The van der Waals surface area contributed by atoms with Gasteiger partial charge < -0.3 is 14.8 Å². The third kappa shape index (κ3) is 5.06. The van der Waals surface area contributed by atoms with Crippen molar-refractivity contribution in [2.24, 2.45) is 0 Å². The van der Waals surface area contributed by atoms with Crippen LogP contribution in [0.4, 0.5) is 5.69 Å². The number of piperidine rings is 1. The SMILES string of the molecule is COc1ccc(Cl)cc1CC(=O)Nc1ccc(OC)c(S(=O)(=O)N2CCCCC2)c1. The molecule has 30 heavy (non-hydrogen) atoms. The summed E-state index contributed by atoms with van der Waals surface area (Å²) in [6.45, 7) is 0.966. The Balaban J connectivity index is 1.83. The van der Waals surface area contributed by atoms with Gasteiger partial charge in [-0.25, -0.2) is 8.42 Å². The smallest absolute Gasteiger partial charge is 0.246 e. The van der Waals surface area contributed by atoms with Gasteiger partial charge in [0.2, 0.25) is 15.9 Å². The summed E-state index contributed by atoms with van der Waals surface area (Å²) in [6, 6.07) is 9.65. The molecule has 1 heterocycles. The molecular formula is C21H25ClN2O5S. The highest BCUT2D eigenvalue weighted by Crippen LogP contribution is 2.31. The number of hydrogen-bond donors (Lipinski definition) is 1. The van der Waals surface area contributed by atoms with Crippen molar-refractivity contribution in [3.63, 3.8) is 0 Å². The molecule has 1 N–H and O–H groups in total. The maximum atomic E-state index is 13.1. The Morgan fingerprint density at radius 3 is 2.37 bits per heavy atom. The third-order valence-electron chi connectivity index (χ3n) is 4.97. The van der Waals surface area contributed by atoms with Gasteiger partial charge in [-0.15, -0.1) is 0 Å². The minimum absolute atomic E-state index is 0.0317. The number of nitrogens with one attached hydrogen (secondary N) is 1. The van der Waals surface area contributed by atoms with Crippen LogP contribution in [0.5, 0.6) is 11.5 Å². The molecule has 0 spiro atoms. The second kappa shape index (κ2) is 9.68. The minimum atomic E-state index is -3.72. The summed E-state index contributed by atoms with van der Waals surface area (Å²) in [4.78, 5) is 12.6. The zero-order chi connectivity index (χ0) is 21.7. The fourth-order valence-corrected chi connectivity index (χ4v) is 5.36. The molecule has 0 radical (unpaired) electrons. The van der Waals surface area contributed by atoms with Crippen molar-refractivity contribution < 1.29 is 22.7 Å². The highest BCUT2D eigenvalue weighted by molar-refractivity contribution is 7.89. The number of anilines is 1. The summed E-state index contributed by atoms with van der Waals surface area (Å²) in [7, 11) is -0.774. The van der Waals surface area contributed by atoms with Crippen molar-refractivity contribution in [1.82, 2.24) is 4.31 Å². The first-order chi connectivity index (χ1) is 14.3. The zero-order valence-electron chi connectivity index (χ0n) is 17.0. The molecule has 0 aromatic heterocycles. The summed E-state index contributed by atoms with van der Waals surface area (Å²) in [5.41, 5.74) is 1.01. The van der Waals surface area contributed by atoms with Crippen LogP contribution in [0.25, 0.3) is 0 Å². The maximum Gasteiger partial charge on any atom is 0.246 e. The lowest BCUT2D eigenvalue weighted by atomic mass is 10.1. The minimum Gasteiger partial charge on any atom is -0.496 e. The fraction of sp³-hybridized carbons (Fsp3) is 0.381.